The van der Waals surface area contributed by atoms with Gasteiger partial charge in [-0.15, -0.1) is 0 Å². The molecule has 0 amide bonds. The molecule has 3 rings (SSSR count). The van der Waals surface area contributed by atoms with Crippen LogP contribution >= 0.6 is 11.6 Å². The van der Waals surface area contributed by atoms with E-state index in [1.807, 2.05) is 0 Å². The summed E-state index contributed by atoms with van der Waals surface area (Å²) in [4.78, 5) is 8.30. The van der Waals surface area contributed by atoms with Gasteiger partial charge in [-0.2, -0.15) is 4.98 Å². The lowest BCUT2D eigenvalue weighted by molar-refractivity contribution is 0.360. The molecule has 1 saturated heterocycles. The Morgan fingerprint density at radius 2 is 2.33 bits per heavy atom. The van der Waals surface area contributed by atoms with Crippen LogP contribution in [0.5, 0.6) is 0 Å². The molecule has 1 aliphatic heterocycles. The predicted octanol–water partition coefficient (Wildman–Crippen LogP) is 1.06. The lowest BCUT2D eigenvalue weighted by Crippen LogP contribution is -2.29. The quantitative estimate of drug-likeness (QED) is 0.896. The Bertz CT molecular complexity index is 746. The zero-order valence-corrected chi connectivity index (χ0v) is 12.6. The molecular weight excluding hydrogens is 316 g/mol. The van der Waals surface area contributed by atoms with Crippen molar-refractivity contribution in [1.29, 1.82) is 0 Å². The van der Waals surface area contributed by atoms with Crippen molar-refractivity contribution in [3.05, 3.63) is 29.2 Å². The lowest BCUT2D eigenvalue weighted by Gasteiger charge is -2.07. The summed E-state index contributed by atoms with van der Waals surface area (Å²) in [6.07, 6.45) is 2.20. The molecule has 2 aromatic heterocycles. The molecule has 1 atom stereocenters. The Morgan fingerprint density at radius 3 is 3.05 bits per heavy atom. The van der Waals surface area contributed by atoms with Crippen LogP contribution in [0.15, 0.2) is 22.9 Å². The second-order valence-electron chi connectivity index (χ2n) is 4.83. The molecule has 1 aliphatic rings. The average Bonchev–Trinajstić information content (AvgIpc) is 3.03. The van der Waals surface area contributed by atoms with Crippen molar-refractivity contribution in [1.82, 2.24) is 20.4 Å². The highest BCUT2D eigenvalue weighted by Gasteiger charge is 2.27. The fourth-order valence-corrected chi connectivity index (χ4v) is 4.07. The van der Waals surface area contributed by atoms with Crippen molar-refractivity contribution in [3.8, 4) is 11.5 Å². The molecule has 0 spiro atoms. The molecule has 0 aromatic carbocycles. The van der Waals surface area contributed by atoms with Crippen LogP contribution in [0, 0.1) is 0 Å². The van der Waals surface area contributed by atoms with Crippen molar-refractivity contribution in [2.75, 3.05) is 11.5 Å². The van der Waals surface area contributed by atoms with E-state index in [1.54, 1.807) is 18.3 Å². The largest absolute Gasteiger partial charge is 0.337 e. The number of sulfone groups is 1. The number of rotatable bonds is 4. The van der Waals surface area contributed by atoms with Gasteiger partial charge in [0.1, 0.15) is 5.69 Å². The van der Waals surface area contributed by atoms with Crippen molar-refractivity contribution in [2.45, 2.75) is 19.0 Å². The van der Waals surface area contributed by atoms with Crippen LogP contribution < -0.4 is 5.32 Å². The standard InChI is InChI=1S/C12H13ClN4O3S/c13-9-2-1-4-14-11(9)12-16-10(20-17-12)6-15-8-3-5-21(18,19)7-8/h1-2,4,8,15H,3,5-7H2. The fraction of sp³-hybridized carbons (Fsp3) is 0.417. The predicted molar refractivity (Wildman–Crippen MR) is 76.4 cm³/mol. The normalized spacial score (nSPS) is 20.7. The minimum Gasteiger partial charge on any atom is -0.337 e. The number of nitrogens with one attached hydrogen (secondary N) is 1. The summed E-state index contributed by atoms with van der Waals surface area (Å²) in [6.45, 7) is 0.317. The molecule has 0 aliphatic carbocycles. The van der Waals surface area contributed by atoms with Crippen molar-refractivity contribution >= 4 is 21.4 Å². The van der Waals surface area contributed by atoms with Gasteiger partial charge in [-0.25, -0.2) is 8.42 Å². The Hall–Kier alpha value is -1.51. The van der Waals surface area contributed by atoms with Crippen molar-refractivity contribution in [2.24, 2.45) is 0 Å². The molecule has 0 saturated carbocycles. The van der Waals surface area contributed by atoms with E-state index in [9.17, 15) is 8.42 Å². The monoisotopic (exact) mass is 328 g/mol. The number of nitrogens with zero attached hydrogens (tertiary/aromatic N) is 3. The van der Waals surface area contributed by atoms with Gasteiger partial charge < -0.3 is 9.84 Å². The first-order valence-electron chi connectivity index (χ1n) is 6.41. The minimum absolute atomic E-state index is 0.0659. The third-order valence-corrected chi connectivity index (χ3v) is 5.29. The average molecular weight is 329 g/mol. The number of halogens is 1. The molecule has 1 fully saturated rings. The molecule has 0 bridgehead atoms. The summed E-state index contributed by atoms with van der Waals surface area (Å²) < 4.78 is 27.8. The topological polar surface area (TPSA) is 98.0 Å². The van der Waals surface area contributed by atoms with E-state index in [1.165, 1.54) is 0 Å². The summed E-state index contributed by atoms with van der Waals surface area (Å²) in [5.74, 6) is 1.07. The molecule has 1 unspecified atom stereocenters. The van der Waals surface area contributed by atoms with Crippen LogP contribution in [-0.2, 0) is 16.4 Å². The molecule has 7 nitrogen and oxygen atoms in total. The first kappa shape index (κ1) is 14.4. The summed E-state index contributed by atoms with van der Waals surface area (Å²) in [5.41, 5.74) is 0.456. The van der Waals surface area contributed by atoms with Gasteiger partial charge >= 0.3 is 0 Å². The third kappa shape index (κ3) is 3.39. The van der Waals surface area contributed by atoms with Crippen LogP contribution in [0.4, 0.5) is 0 Å². The lowest BCUT2D eigenvalue weighted by atomic mass is 10.2. The molecular formula is C12H13ClN4O3S. The van der Waals surface area contributed by atoms with E-state index >= 15 is 0 Å². The zero-order chi connectivity index (χ0) is 14.9. The smallest absolute Gasteiger partial charge is 0.240 e. The van der Waals surface area contributed by atoms with E-state index in [-0.39, 0.29) is 17.5 Å². The fourth-order valence-electron chi connectivity index (χ4n) is 2.16. The van der Waals surface area contributed by atoms with Crippen molar-refractivity contribution in [3.63, 3.8) is 0 Å². The third-order valence-electron chi connectivity index (χ3n) is 3.21. The van der Waals surface area contributed by atoms with Gasteiger partial charge in [-0.3, -0.25) is 4.98 Å². The van der Waals surface area contributed by atoms with E-state index in [0.29, 0.717) is 35.4 Å². The summed E-state index contributed by atoms with van der Waals surface area (Å²) in [7, 11) is -2.90. The second-order valence-corrected chi connectivity index (χ2v) is 7.46. The van der Waals surface area contributed by atoms with Crippen LogP contribution in [0.1, 0.15) is 12.3 Å². The van der Waals surface area contributed by atoms with Crippen LogP contribution in [0.3, 0.4) is 0 Å². The van der Waals surface area contributed by atoms with Gasteiger partial charge in [0, 0.05) is 12.2 Å². The highest BCUT2D eigenvalue weighted by molar-refractivity contribution is 7.91. The van der Waals surface area contributed by atoms with Gasteiger partial charge in [0.25, 0.3) is 0 Å². The summed E-state index contributed by atoms with van der Waals surface area (Å²) in [5, 5.41) is 7.38. The van der Waals surface area contributed by atoms with E-state index in [2.05, 4.69) is 20.4 Å². The zero-order valence-electron chi connectivity index (χ0n) is 11.0. The summed E-state index contributed by atoms with van der Waals surface area (Å²) in [6, 6.07) is 3.35. The van der Waals surface area contributed by atoms with E-state index in [0.717, 1.165) is 0 Å². The Balaban J connectivity index is 1.65. The van der Waals surface area contributed by atoms with E-state index < -0.39 is 9.84 Å². The van der Waals surface area contributed by atoms with Gasteiger partial charge in [-0.05, 0) is 18.6 Å². The van der Waals surface area contributed by atoms with Gasteiger partial charge in [0.15, 0.2) is 9.84 Å². The molecule has 9 heteroatoms. The molecule has 3 heterocycles. The summed E-state index contributed by atoms with van der Waals surface area (Å²) >= 11 is 6.01. The first-order chi connectivity index (χ1) is 10.0. The minimum atomic E-state index is -2.90. The first-order valence-corrected chi connectivity index (χ1v) is 8.61. The SMILES string of the molecule is O=S1(=O)CCC(NCc2nc(-c3ncccc3Cl)no2)C1. The number of hydrogen-bond acceptors (Lipinski definition) is 7. The number of hydrogen-bond donors (Lipinski definition) is 1. The van der Waals surface area contributed by atoms with Gasteiger partial charge in [0.05, 0.1) is 23.1 Å². The van der Waals surface area contributed by atoms with Crippen LogP contribution in [-0.4, -0.2) is 41.1 Å². The van der Waals surface area contributed by atoms with Gasteiger partial charge in [0.2, 0.25) is 11.7 Å². The highest BCUT2D eigenvalue weighted by Crippen LogP contribution is 2.22. The molecule has 21 heavy (non-hydrogen) atoms. The number of pyridine rings is 1. The van der Waals surface area contributed by atoms with Gasteiger partial charge in [-0.1, -0.05) is 16.8 Å². The Labute approximate surface area is 126 Å². The molecule has 1 N–H and O–H groups in total. The molecule has 112 valence electrons. The maximum Gasteiger partial charge on any atom is 0.240 e. The molecule has 2 aromatic rings. The maximum atomic E-state index is 11.4. The highest BCUT2D eigenvalue weighted by atomic mass is 35.5. The van der Waals surface area contributed by atoms with Crippen LogP contribution in [0.25, 0.3) is 11.5 Å². The van der Waals surface area contributed by atoms with Crippen LogP contribution in [0.2, 0.25) is 5.02 Å². The Morgan fingerprint density at radius 1 is 1.48 bits per heavy atom. The molecule has 0 radical (unpaired) electrons. The van der Waals surface area contributed by atoms with E-state index in [4.69, 9.17) is 16.1 Å². The number of aromatic nitrogens is 3. The van der Waals surface area contributed by atoms with Crippen molar-refractivity contribution < 1.29 is 12.9 Å². The maximum absolute atomic E-state index is 11.4. The second kappa shape index (κ2) is 5.70. The Kier molecular flexibility index (Phi) is 3.92.